The molecule has 4 rings (SSSR count). The molecule has 2 fully saturated rings. The maximum atomic E-state index is 13.1. The fourth-order valence-corrected chi connectivity index (χ4v) is 3.77. The summed E-state index contributed by atoms with van der Waals surface area (Å²) in [5, 5.41) is 0. The summed E-state index contributed by atoms with van der Waals surface area (Å²) in [6.07, 6.45) is 0. The molecule has 2 aliphatic heterocycles. The van der Waals surface area contributed by atoms with Gasteiger partial charge in [0.25, 0.3) is 0 Å². The molecule has 26 heavy (non-hydrogen) atoms. The quantitative estimate of drug-likeness (QED) is 0.884. The van der Waals surface area contributed by atoms with Crippen LogP contribution in [0.3, 0.4) is 0 Å². The molecule has 2 atom stereocenters. The van der Waals surface area contributed by atoms with Crippen molar-refractivity contribution in [3.63, 3.8) is 0 Å². The Labute approximate surface area is 152 Å². The third-order valence-electron chi connectivity index (χ3n) is 5.24. The Kier molecular flexibility index (Phi) is 4.86. The minimum atomic E-state index is -0.226. The standard InChI is InChI=1S/C20H23FN4O/c21-16-6-8-17(9-7-16)24-10-12-25(13-11-24)20(26)18-14-22-23-19(18)15-4-2-1-3-5-15/h1-9,18-19,22-23H,10-14H2. The van der Waals surface area contributed by atoms with Crippen LogP contribution in [0.2, 0.25) is 0 Å². The number of hydrogen-bond donors (Lipinski definition) is 2. The number of carbonyl (C=O) groups is 1. The van der Waals surface area contributed by atoms with E-state index in [1.807, 2.05) is 23.1 Å². The first-order valence-corrected chi connectivity index (χ1v) is 9.05. The van der Waals surface area contributed by atoms with Gasteiger partial charge in [0, 0.05) is 38.4 Å². The van der Waals surface area contributed by atoms with Crippen LogP contribution in [0.25, 0.3) is 0 Å². The Hall–Kier alpha value is -2.44. The van der Waals surface area contributed by atoms with Gasteiger partial charge < -0.3 is 9.80 Å². The molecule has 2 aromatic rings. The number of benzene rings is 2. The van der Waals surface area contributed by atoms with E-state index in [9.17, 15) is 9.18 Å². The molecule has 2 N–H and O–H groups in total. The Balaban J connectivity index is 1.39. The first kappa shape index (κ1) is 17.0. The van der Waals surface area contributed by atoms with E-state index in [0.29, 0.717) is 19.6 Å². The number of carbonyl (C=O) groups excluding carboxylic acids is 1. The van der Waals surface area contributed by atoms with E-state index in [1.54, 1.807) is 12.1 Å². The zero-order chi connectivity index (χ0) is 17.9. The number of piperazine rings is 1. The Morgan fingerprint density at radius 1 is 0.962 bits per heavy atom. The largest absolute Gasteiger partial charge is 0.368 e. The van der Waals surface area contributed by atoms with Crippen LogP contribution in [0.5, 0.6) is 0 Å². The molecule has 2 saturated heterocycles. The minimum absolute atomic E-state index is 0.00109. The number of rotatable bonds is 3. The summed E-state index contributed by atoms with van der Waals surface area (Å²) in [5.41, 5.74) is 8.51. The maximum Gasteiger partial charge on any atom is 0.229 e. The summed E-state index contributed by atoms with van der Waals surface area (Å²) >= 11 is 0. The fraction of sp³-hybridized carbons (Fsp3) is 0.350. The summed E-state index contributed by atoms with van der Waals surface area (Å²) in [6.45, 7) is 3.54. The lowest BCUT2D eigenvalue weighted by Crippen LogP contribution is -2.51. The lowest BCUT2D eigenvalue weighted by atomic mass is 9.93. The predicted molar refractivity (Wildman–Crippen MR) is 99.0 cm³/mol. The Morgan fingerprint density at radius 2 is 1.65 bits per heavy atom. The number of amides is 1. The highest BCUT2D eigenvalue weighted by molar-refractivity contribution is 5.80. The second kappa shape index (κ2) is 7.43. The monoisotopic (exact) mass is 354 g/mol. The van der Waals surface area contributed by atoms with Gasteiger partial charge in [-0.15, -0.1) is 0 Å². The molecule has 5 nitrogen and oxygen atoms in total. The van der Waals surface area contributed by atoms with Crippen molar-refractivity contribution in [2.75, 3.05) is 37.6 Å². The average molecular weight is 354 g/mol. The molecule has 0 aromatic heterocycles. The van der Waals surface area contributed by atoms with Gasteiger partial charge in [0.05, 0.1) is 12.0 Å². The third-order valence-corrected chi connectivity index (χ3v) is 5.24. The third kappa shape index (κ3) is 3.43. The van der Waals surface area contributed by atoms with E-state index < -0.39 is 0 Å². The smallest absolute Gasteiger partial charge is 0.229 e. The van der Waals surface area contributed by atoms with Crippen LogP contribution in [0.4, 0.5) is 10.1 Å². The molecule has 136 valence electrons. The van der Waals surface area contributed by atoms with Crippen LogP contribution in [0.15, 0.2) is 54.6 Å². The van der Waals surface area contributed by atoms with Gasteiger partial charge in [-0.25, -0.2) is 9.82 Å². The van der Waals surface area contributed by atoms with Gasteiger partial charge in [-0.2, -0.15) is 0 Å². The molecular weight excluding hydrogens is 331 g/mol. The number of halogens is 1. The van der Waals surface area contributed by atoms with E-state index in [-0.39, 0.29) is 23.7 Å². The molecule has 1 amide bonds. The summed E-state index contributed by atoms with van der Waals surface area (Å²) in [5.74, 6) is -0.138. The number of hydrogen-bond acceptors (Lipinski definition) is 4. The van der Waals surface area contributed by atoms with Gasteiger partial charge in [0.2, 0.25) is 5.91 Å². The lowest BCUT2D eigenvalue weighted by Gasteiger charge is -2.37. The predicted octanol–water partition coefficient (Wildman–Crippen LogP) is 1.94. The first-order valence-electron chi connectivity index (χ1n) is 9.05. The maximum absolute atomic E-state index is 13.1. The van der Waals surface area contributed by atoms with E-state index in [0.717, 1.165) is 24.3 Å². The van der Waals surface area contributed by atoms with Gasteiger partial charge >= 0.3 is 0 Å². The molecule has 2 heterocycles. The summed E-state index contributed by atoms with van der Waals surface area (Å²) < 4.78 is 13.1. The van der Waals surface area contributed by atoms with E-state index in [4.69, 9.17) is 0 Å². The van der Waals surface area contributed by atoms with Crippen molar-refractivity contribution < 1.29 is 9.18 Å². The van der Waals surface area contributed by atoms with Crippen molar-refractivity contribution >= 4 is 11.6 Å². The van der Waals surface area contributed by atoms with Crippen molar-refractivity contribution in [3.8, 4) is 0 Å². The highest BCUT2D eigenvalue weighted by atomic mass is 19.1. The van der Waals surface area contributed by atoms with Crippen LogP contribution in [0, 0.1) is 11.7 Å². The molecule has 2 aromatic carbocycles. The number of anilines is 1. The highest BCUT2D eigenvalue weighted by Crippen LogP contribution is 2.27. The molecule has 2 unspecified atom stereocenters. The number of nitrogens with one attached hydrogen (secondary N) is 2. The summed E-state index contributed by atoms with van der Waals surface area (Å²) in [7, 11) is 0. The van der Waals surface area contributed by atoms with Gasteiger partial charge in [-0.05, 0) is 29.8 Å². The normalized spacial score (nSPS) is 23.3. The van der Waals surface area contributed by atoms with Gasteiger partial charge in [-0.3, -0.25) is 10.2 Å². The van der Waals surface area contributed by atoms with Gasteiger partial charge in [0.1, 0.15) is 5.82 Å². The van der Waals surface area contributed by atoms with Gasteiger partial charge in [-0.1, -0.05) is 30.3 Å². The van der Waals surface area contributed by atoms with Crippen LogP contribution in [0.1, 0.15) is 11.6 Å². The molecule has 2 aliphatic rings. The van der Waals surface area contributed by atoms with E-state index >= 15 is 0 Å². The zero-order valence-corrected chi connectivity index (χ0v) is 14.6. The lowest BCUT2D eigenvalue weighted by molar-refractivity contribution is -0.135. The second-order valence-electron chi connectivity index (χ2n) is 6.81. The molecule has 6 heteroatoms. The number of nitrogens with zero attached hydrogens (tertiary/aromatic N) is 2. The van der Waals surface area contributed by atoms with E-state index in [1.165, 1.54) is 12.1 Å². The van der Waals surface area contributed by atoms with Crippen molar-refractivity contribution in [2.45, 2.75) is 6.04 Å². The van der Waals surface area contributed by atoms with Crippen molar-refractivity contribution in [1.82, 2.24) is 15.8 Å². The molecule has 0 saturated carbocycles. The van der Waals surface area contributed by atoms with Gasteiger partial charge in [0.15, 0.2) is 0 Å². The second-order valence-corrected chi connectivity index (χ2v) is 6.81. The Morgan fingerprint density at radius 3 is 2.35 bits per heavy atom. The minimum Gasteiger partial charge on any atom is -0.368 e. The van der Waals surface area contributed by atoms with Crippen molar-refractivity contribution in [2.24, 2.45) is 5.92 Å². The SMILES string of the molecule is O=C(C1CNNC1c1ccccc1)N1CCN(c2ccc(F)cc2)CC1. The Bertz CT molecular complexity index is 744. The topological polar surface area (TPSA) is 47.6 Å². The van der Waals surface area contributed by atoms with Crippen LogP contribution >= 0.6 is 0 Å². The summed E-state index contributed by atoms with van der Waals surface area (Å²) in [4.78, 5) is 17.2. The fourth-order valence-electron chi connectivity index (χ4n) is 3.77. The molecular formula is C20H23FN4O. The van der Waals surface area contributed by atoms with E-state index in [2.05, 4.69) is 27.9 Å². The van der Waals surface area contributed by atoms with Crippen molar-refractivity contribution in [3.05, 3.63) is 66.0 Å². The number of hydrazine groups is 1. The molecule has 0 aliphatic carbocycles. The molecule has 0 bridgehead atoms. The van der Waals surface area contributed by atoms with Crippen LogP contribution in [-0.2, 0) is 4.79 Å². The first-order chi connectivity index (χ1) is 12.7. The summed E-state index contributed by atoms with van der Waals surface area (Å²) in [6, 6.07) is 16.6. The van der Waals surface area contributed by atoms with Crippen molar-refractivity contribution in [1.29, 1.82) is 0 Å². The molecule has 0 spiro atoms. The van der Waals surface area contributed by atoms with Crippen LogP contribution in [-0.4, -0.2) is 43.5 Å². The average Bonchev–Trinajstić information content (AvgIpc) is 3.19. The highest BCUT2D eigenvalue weighted by Gasteiger charge is 2.37. The zero-order valence-electron chi connectivity index (χ0n) is 14.6. The molecule has 0 radical (unpaired) electrons. The van der Waals surface area contributed by atoms with Crippen LogP contribution < -0.4 is 15.8 Å².